The predicted octanol–water partition coefficient (Wildman–Crippen LogP) is 15.0. The molecule has 0 saturated heterocycles. The molecule has 0 unspecified atom stereocenters. The first kappa shape index (κ1) is 35.6. The molecule has 62 heavy (non-hydrogen) atoms. The third kappa shape index (κ3) is 6.00. The summed E-state index contributed by atoms with van der Waals surface area (Å²) in [5.74, 6) is 0.692. The standard InChI is InChI=1S/C58H38N4/c1-4-14-39(15-5-1)40-24-26-41(27-25-40)42-28-30-45(31-29-42)58-59-50(43-16-6-2-7-17-43)38-51(60-58)44-32-34-47(35-33-44)62-53-23-13-11-21-49(53)57-55(62)37-36-54-56(57)48-20-10-12-22-52(48)61(54)46-18-8-3-9-19-46/h1-38H. The summed E-state index contributed by atoms with van der Waals surface area (Å²) in [5.41, 5.74) is 16.5. The first-order valence-corrected chi connectivity index (χ1v) is 21.1. The van der Waals surface area contributed by atoms with E-state index in [2.05, 4.69) is 228 Å². The molecule has 9 aromatic carbocycles. The summed E-state index contributed by atoms with van der Waals surface area (Å²) >= 11 is 0. The quantitative estimate of drug-likeness (QED) is 0.161. The van der Waals surface area contributed by atoms with Gasteiger partial charge < -0.3 is 9.13 Å². The second-order valence-corrected chi connectivity index (χ2v) is 15.8. The normalized spacial score (nSPS) is 11.5. The Kier molecular flexibility index (Phi) is 8.46. The molecule has 0 atom stereocenters. The minimum absolute atomic E-state index is 0.692. The molecule has 0 amide bonds. The van der Waals surface area contributed by atoms with Gasteiger partial charge in [0.25, 0.3) is 0 Å². The second kappa shape index (κ2) is 14.7. The van der Waals surface area contributed by atoms with E-state index in [9.17, 15) is 0 Å². The number of benzene rings is 9. The lowest BCUT2D eigenvalue weighted by molar-refractivity contribution is 1.17. The largest absolute Gasteiger partial charge is 0.309 e. The van der Waals surface area contributed by atoms with Crippen molar-refractivity contribution in [3.05, 3.63) is 231 Å². The number of hydrogen-bond donors (Lipinski definition) is 0. The van der Waals surface area contributed by atoms with Gasteiger partial charge >= 0.3 is 0 Å². The fraction of sp³-hybridized carbons (Fsp3) is 0. The van der Waals surface area contributed by atoms with Crippen LogP contribution in [-0.4, -0.2) is 19.1 Å². The van der Waals surface area contributed by atoms with E-state index >= 15 is 0 Å². The van der Waals surface area contributed by atoms with Crippen molar-refractivity contribution >= 4 is 43.6 Å². The van der Waals surface area contributed by atoms with Crippen molar-refractivity contribution in [3.8, 4) is 67.5 Å². The van der Waals surface area contributed by atoms with E-state index in [1.54, 1.807) is 0 Å². The van der Waals surface area contributed by atoms with Crippen LogP contribution in [0.2, 0.25) is 0 Å². The molecule has 0 radical (unpaired) electrons. The molecular formula is C58H38N4. The van der Waals surface area contributed by atoms with Crippen LogP contribution in [0.1, 0.15) is 0 Å². The summed E-state index contributed by atoms with van der Waals surface area (Å²) in [7, 11) is 0. The molecule has 0 N–H and O–H groups in total. The highest BCUT2D eigenvalue weighted by molar-refractivity contribution is 6.28. The number of fused-ring (bicyclic) bond motifs is 7. The molecule has 3 aromatic heterocycles. The molecule has 0 aliphatic carbocycles. The summed E-state index contributed by atoms with van der Waals surface area (Å²) in [6, 6.07) is 82.0. The molecule has 0 spiro atoms. The molecule has 3 heterocycles. The number of para-hydroxylation sites is 3. The van der Waals surface area contributed by atoms with Crippen LogP contribution in [0.3, 0.4) is 0 Å². The Morgan fingerprint density at radius 2 is 0.613 bits per heavy atom. The lowest BCUT2D eigenvalue weighted by atomic mass is 9.99. The van der Waals surface area contributed by atoms with Crippen molar-refractivity contribution in [2.45, 2.75) is 0 Å². The van der Waals surface area contributed by atoms with Gasteiger partial charge in [0.1, 0.15) is 0 Å². The van der Waals surface area contributed by atoms with Gasteiger partial charge in [-0.2, -0.15) is 0 Å². The highest BCUT2D eigenvalue weighted by atomic mass is 15.0. The zero-order valence-corrected chi connectivity index (χ0v) is 33.7. The van der Waals surface area contributed by atoms with Crippen LogP contribution in [0.25, 0.3) is 111 Å². The van der Waals surface area contributed by atoms with E-state index in [4.69, 9.17) is 9.97 Å². The Balaban J connectivity index is 0.944. The number of nitrogens with zero attached hydrogens (tertiary/aromatic N) is 4. The van der Waals surface area contributed by atoms with E-state index in [1.807, 2.05) is 12.1 Å². The maximum absolute atomic E-state index is 5.21. The van der Waals surface area contributed by atoms with Crippen LogP contribution in [0.15, 0.2) is 231 Å². The lowest BCUT2D eigenvalue weighted by Crippen LogP contribution is -1.97. The highest BCUT2D eigenvalue weighted by Gasteiger charge is 2.20. The van der Waals surface area contributed by atoms with E-state index < -0.39 is 0 Å². The molecule has 0 aliphatic heterocycles. The Labute approximate surface area is 359 Å². The minimum atomic E-state index is 0.692. The van der Waals surface area contributed by atoms with Gasteiger partial charge in [-0.3, -0.25) is 0 Å². The van der Waals surface area contributed by atoms with Crippen molar-refractivity contribution in [1.29, 1.82) is 0 Å². The SMILES string of the molecule is c1ccc(-c2ccc(-c3ccc(-c4nc(-c5ccccc5)cc(-c5ccc(-n6c7ccccc7c7c8c9ccccc9n(-c9ccccc9)c8ccc76)cc5)n4)cc3)cc2)cc1. The van der Waals surface area contributed by atoms with Crippen molar-refractivity contribution in [3.63, 3.8) is 0 Å². The zero-order chi connectivity index (χ0) is 41.0. The summed E-state index contributed by atoms with van der Waals surface area (Å²) in [5, 5.41) is 5.01. The Morgan fingerprint density at radius 3 is 1.11 bits per heavy atom. The van der Waals surface area contributed by atoms with Gasteiger partial charge in [-0.25, -0.2) is 9.97 Å². The summed E-state index contributed by atoms with van der Waals surface area (Å²) in [6.07, 6.45) is 0. The average Bonchev–Trinajstić information content (AvgIpc) is 3.88. The third-order valence-corrected chi connectivity index (χ3v) is 12.2. The Morgan fingerprint density at radius 1 is 0.258 bits per heavy atom. The van der Waals surface area contributed by atoms with Crippen LogP contribution in [0.5, 0.6) is 0 Å². The minimum Gasteiger partial charge on any atom is -0.309 e. The van der Waals surface area contributed by atoms with Crippen LogP contribution >= 0.6 is 0 Å². The maximum Gasteiger partial charge on any atom is 0.160 e. The van der Waals surface area contributed by atoms with Gasteiger partial charge in [-0.1, -0.05) is 176 Å². The van der Waals surface area contributed by atoms with Crippen LogP contribution in [0.4, 0.5) is 0 Å². The Hall–Kier alpha value is -8.34. The smallest absolute Gasteiger partial charge is 0.160 e. The molecular weight excluding hydrogens is 753 g/mol. The van der Waals surface area contributed by atoms with Gasteiger partial charge in [-0.15, -0.1) is 0 Å². The highest BCUT2D eigenvalue weighted by Crippen LogP contribution is 2.42. The van der Waals surface area contributed by atoms with Crippen LogP contribution in [-0.2, 0) is 0 Å². The van der Waals surface area contributed by atoms with E-state index in [1.165, 1.54) is 60.3 Å². The van der Waals surface area contributed by atoms with Crippen molar-refractivity contribution < 1.29 is 0 Å². The van der Waals surface area contributed by atoms with E-state index in [0.717, 1.165) is 45.0 Å². The number of aromatic nitrogens is 4. The zero-order valence-electron chi connectivity index (χ0n) is 33.7. The molecule has 0 fully saturated rings. The van der Waals surface area contributed by atoms with E-state index in [-0.39, 0.29) is 0 Å². The molecule has 4 nitrogen and oxygen atoms in total. The van der Waals surface area contributed by atoms with Gasteiger partial charge in [0.15, 0.2) is 5.82 Å². The first-order chi connectivity index (χ1) is 30.7. The number of hydrogen-bond acceptors (Lipinski definition) is 2. The molecule has 12 aromatic rings. The third-order valence-electron chi connectivity index (χ3n) is 12.2. The van der Waals surface area contributed by atoms with Gasteiger partial charge in [-0.05, 0) is 76.9 Å². The van der Waals surface area contributed by atoms with Gasteiger partial charge in [0, 0.05) is 49.6 Å². The van der Waals surface area contributed by atoms with Crippen molar-refractivity contribution in [2.24, 2.45) is 0 Å². The summed E-state index contributed by atoms with van der Waals surface area (Å²) in [4.78, 5) is 10.3. The monoisotopic (exact) mass is 790 g/mol. The predicted molar refractivity (Wildman–Crippen MR) is 258 cm³/mol. The van der Waals surface area contributed by atoms with Crippen LogP contribution in [0, 0.1) is 0 Å². The van der Waals surface area contributed by atoms with Crippen LogP contribution < -0.4 is 0 Å². The van der Waals surface area contributed by atoms with Crippen molar-refractivity contribution in [1.82, 2.24) is 19.1 Å². The first-order valence-electron chi connectivity index (χ1n) is 21.1. The van der Waals surface area contributed by atoms with Gasteiger partial charge in [0.2, 0.25) is 0 Å². The fourth-order valence-electron chi connectivity index (χ4n) is 9.21. The Bertz CT molecular complexity index is 3570. The molecule has 0 bridgehead atoms. The second-order valence-electron chi connectivity index (χ2n) is 15.8. The molecule has 4 heteroatoms. The fourth-order valence-corrected chi connectivity index (χ4v) is 9.21. The topological polar surface area (TPSA) is 35.6 Å². The molecule has 12 rings (SSSR count). The lowest BCUT2D eigenvalue weighted by Gasteiger charge is -2.12. The number of rotatable bonds is 7. The summed E-state index contributed by atoms with van der Waals surface area (Å²) in [6.45, 7) is 0. The molecule has 290 valence electrons. The average molecular weight is 791 g/mol. The van der Waals surface area contributed by atoms with Gasteiger partial charge in [0.05, 0.1) is 33.5 Å². The molecule has 0 aliphatic rings. The molecule has 0 saturated carbocycles. The summed E-state index contributed by atoms with van der Waals surface area (Å²) < 4.78 is 4.80. The van der Waals surface area contributed by atoms with E-state index in [0.29, 0.717) is 5.82 Å². The maximum atomic E-state index is 5.21. The van der Waals surface area contributed by atoms with Crippen molar-refractivity contribution in [2.75, 3.05) is 0 Å².